The topological polar surface area (TPSA) is 9.23 Å². The molecule has 0 saturated carbocycles. The Morgan fingerprint density at radius 3 is 2.22 bits per heavy atom. The van der Waals surface area contributed by atoms with E-state index in [-0.39, 0.29) is 10.6 Å². The fourth-order valence-corrected chi connectivity index (χ4v) is 2.06. The summed E-state index contributed by atoms with van der Waals surface area (Å²) in [6, 6.07) is 11.9. The molecule has 0 aromatic heterocycles. The van der Waals surface area contributed by atoms with Crippen LogP contribution in [0.3, 0.4) is 0 Å². The molecule has 0 fully saturated rings. The molecule has 0 atom stereocenters. The van der Waals surface area contributed by atoms with Crippen LogP contribution in [0.5, 0.6) is 5.75 Å². The lowest BCUT2D eigenvalue weighted by Gasteiger charge is -2.08. The summed E-state index contributed by atoms with van der Waals surface area (Å²) in [6.45, 7) is 0.290. The molecular weight excluding hydrogens is 254 g/mol. The first-order valence-electron chi connectivity index (χ1n) is 5.40. The number of halogens is 2. The zero-order chi connectivity index (χ0) is 13.0. The quantitative estimate of drug-likeness (QED) is 0.764. The highest BCUT2D eigenvalue weighted by Gasteiger charge is 2.10. The molecule has 0 aliphatic carbocycles. The van der Waals surface area contributed by atoms with E-state index in [1.165, 1.54) is 12.1 Å². The number of ether oxygens (including phenoxy) is 1. The molecular formula is C14H12F2OS. The summed E-state index contributed by atoms with van der Waals surface area (Å²) < 4.78 is 32.4. The fourth-order valence-electron chi connectivity index (χ4n) is 1.56. The summed E-state index contributed by atoms with van der Waals surface area (Å²) >= 11 is 1.04. The van der Waals surface area contributed by atoms with Crippen LogP contribution in [0.2, 0.25) is 0 Å². The Kier molecular flexibility index (Phi) is 4.20. The van der Waals surface area contributed by atoms with Crippen LogP contribution in [-0.2, 0) is 6.61 Å². The summed E-state index contributed by atoms with van der Waals surface area (Å²) in [5.74, 6) is -0.984. The highest BCUT2D eigenvalue weighted by Crippen LogP contribution is 2.27. The smallest absolute Gasteiger partial charge is 0.143 e. The van der Waals surface area contributed by atoms with Crippen molar-refractivity contribution >= 4 is 11.8 Å². The first-order chi connectivity index (χ1) is 8.70. The Bertz CT molecular complexity index is 506. The normalized spacial score (nSPS) is 10.4. The van der Waals surface area contributed by atoms with Crippen LogP contribution in [-0.4, -0.2) is 6.26 Å². The highest BCUT2D eigenvalue weighted by atomic mass is 32.2. The van der Waals surface area contributed by atoms with Crippen LogP contribution in [0.4, 0.5) is 8.78 Å². The van der Waals surface area contributed by atoms with Crippen LogP contribution in [0.15, 0.2) is 47.4 Å². The monoisotopic (exact) mass is 266 g/mol. The van der Waals surface area contributed by atoms with Crippen molar-refractivity contribution < 1.29 is 13.5 Å². The van der Waals surface area contributed by atoms with Crippen molar-refractivity contribution in [2.75, 3.05) is 6.26 Å². The molecule has 2 aromatic rings. The summed E-state index contributed by atoms with van der Waals surface area (Å²) in [5, 5.41) is 0. The van der Waals surface area contributed by atoms with E-state index in [4.69, 9.17) is 4.74 Å². The predicted molar refractivity (Wildman–Crippen MR) is 68.9 cm³/mol. The van der Waals surface area contributed by atoms with Gasteiger partial charge in [-0.3, -0.25) is 0 Å². The number of thioether (sulfide) groups is 1. The molecule has 0 aliphatic heterocycles. The van der Waals surface area contributed by atoms with Crippen molar-refractivity contribution in [1.29, 1.82) is 0 Å². The molecule has 0 unspecified atom stereocenters. The van der Waals surface area contributed by atoms with Crippen LogP contribution in [0, 0.1) is 11.6 Å². The first kappa shape index (κ1) is 12.9. The van der Waals surface area contributed by atoms with Crippen LogP contribution < -0.4 is 4.74 Å². The Balaban J connectivity index is 2.11. The minimum absolute atomic E-state index is 0.0158. The van der Waals surface area contributed by atoms with Gasteiger partial charge >= 0.3 is 0 Å². The van der Waals surface area contributed by atoms with Crippen molar-refractivity contribution in [3.8, 4) is 5.75 Å². The van der Waals surface area contributed by atoms with Crippen molar-refractivity contribution in [3.05, 3.63) is 59.7 Å². The van der Waals surface area contributed by atoms with Crippen LogP contribution in [0.25, 0.3) is 0 Å². The predicted octanol–water partition coefficient (Wildman–Crippen LogP) is 4.27. The van der Waals surface area contributed by atoms with E-state index in [0.717, 1.165) is 17.3 Å². The molecule has 94 valence electrons. The van der Waals surface area contributed by atoms with Gasteiger partial charge in [-0.25, -0.2) is 8.78 Å². The molecule has 4 heteroatoms. The van der Waals surface area contributed by atoms with E-state index in [9.17, 15) is 8.78 Å². The SMILES string of the molecule is CSc1c(F)cc(OCc2ccccc2)cc1F. The number of hydrogen-bond acceptors (Lipinski definition) is 2. The Morgan fingerprint density at radius 2 is 1.67 bits per heavy atom. The van der Waals surface area contributed by atoms with Crippen molar-refractivity contribution in [3.63, 3.8) is 0 Å². The van der Waals surface area contributed by atoms with E-state index in [0.29, 0.717) is 6.61 Å². The molecule has 1 nitrogen and oxygen atoms in total. The zero-order valence-corrected chi connectivity index (χ0v) is 10.6. The van der Waals surface area contributed by atoms with Gasteiger partial charge in [0.1, 0.15) is 24.0 Å². The fraction of sp³-hybridized carbons (Fsp3) is 0.143. The molecule has 18 heavy (non-hydrogen) atoms. The molecule has 0 bridgehead atoms. The minimum atomic E-state index is -0.592. The second-order valence-electron chi connectivity index (χ2n) is 3.69. The van der Waals surface area contributed by atoms with Crippen molar-refractivity contribution in [2.24, 2.45) is 0 Å². The Hall–Kier alpha value is -1.55. The molecule has 0 heterocycles. The lowest BCUT2D eigenvalue weighted by molar-refractivity contribution is 0.301. The van der Waals surface area contributed by atoms with Gasteiger partial charge in [0, 0.05) is 12.1 Å². The first-order valence-corrected chi connectivity index (χ1v) is 6.63. The van der Waals surface area contributed by atoms with E-state index < -0.39 is 11.6 Å². The summed E-state index contributed by atoms with van der Waals surface area (Å²) in [5.41, 5.74) is 0.951. The Morgan fingerprint density at radius 1 is 1.06 bits per heavy atom. The lowest BCUT2D eigenvalue weighted by atomic mass is 10.2. The van der Waals surface area contributed by atoms with Crippen LogP contribution >= 0.6 is 11.8 Å². The average Bonchev–Trinajstić information content (AvgIpc) is 2.37. The maximum atomic E-state index is 13.5. The third-order valence-electron chi connectivity index (χ3n) is 2.42. The maximum Gasteiger partial charge on any atom is 0.143 e. The summed E-state index contributed by atoms with van der Waals surface area (Å²) in [7, 11) is 0. The van der Waals surface area contributed by atoms with Gasteiger partial charge in [0.2, 0.25) is 0 Å². The van der Waals surface area contributed by atoms with Gasteiger partial charge in [0.15, 0.2) is 0 Å². The van der Waals surface area contributed by atoms with Gasteiger partial charge < -0.3 is 4.74 Å². The van der Waals surface area contributed by atoms with E-state index in [1.807, 2.05) is 30.3 Å². The minimum Gasteiger partial charge on any atom is -0.489 e. The molecule has 0 amide bonds. The zero-order valence-electron chi connectivity index (χ0n) is 9.82. The third kappa shape index (κ3) is 3.01. The van der Waals surface area contributed by atoms with Crippen LogP contribution in [0.1, 0.15) is 5.56 Å². The summed E-state index contributed by atoms with van der Waals surface area (Å²) in [6.07, 6.45) is 1.63. The van der Waals surface area contributed by atoms with Gasteiger partial charge in [-0.05, 0) is 11.8 Å². The Labute approximate surface area is 109 Å². The standard InChI is InChI=1S/C14H12F2OS/c1-18-14-12(15)7-11(8-13(14)16)17-9-10-5-3-2-4-6-10/h2-8H,9H2,1H3. The third-order valence-corrected chi connectivity index (χ3v) is 3.22. The second kappa shape index (κ2) is 5.87. The number of hydrogen-bond donors (Lipinski definition) is 0. The van der Waals surface area contributed by atoms with Gasteiger partial charge in [-0.15, -0.1) is 11.8 Å². The van der Waals surface area contributed by atoms with E-state index >= 15 is 0 Å². The molecule has 0 saturated heterocycles. The average molecular weight is 266 g/mol. The van der Waals surface area contributed by atoms with Gasteiger partial charge in [0.05, 0.1) is 4.90 Å². The molecule has 0 N–H and O–H groups in total. The summed E-state index contributed by atoms with van der Waals surface area (Å²) in [4.78, 5) is 0.0158. The number of rotatable bonds is 4. The van der Waals surface area contributed by atoms with E-state index in [1.54, 1.807) is 6.26 Å². The molecule has 0 aliphatic rings. The molecule has 2 rings (SSSR count). The van der Waals surface area contributed by atoms with Gasteiger partial charge in [0.25, 0.3) is 0 Å². The molecule has 2 aromatic carbocycles. The largest absolute Gasteiger partial charge is 0.489 e. The lowest BCUT2D eigenvalue weighted by Crippen LogP contribution is -1.97. The van der Waals surface area contributed by atoms with E-state index in [2.05, 4.69) is 0 Å². The maximum absolute atomic E-state index is 13.5. The van der Waals surface area contributed by atoms with Gasteiger partial charge in [-0.1, -0.05) is 30.3 Å². The van der Waals surface area contributed by atoms with Gasteiger partial charge in [-0.2, -0.15) is 0 Å². The number of benzene rings is 2. The van der Waals surface area contributed by atoms with Crippen molar-refractivity contribution in [2.45, 2.75) is 11.5 Å². The second-order valence-corrected chi connectivity index (χ2v) is 4.51. The molecule has 0 spiro atoms. The highest BCUT2D eigenvalue weighted by molar-refractivity contribution is 7.98. The molecule has 0 radical (unpaired) electrons. The van der Waals surface area contributed by atoms with Crippen molar-refractivity contribution in [1.82, 2.24) is 0 Å².